The molecule has 2 amide bonds. The van der Waals surface area contributed by atoms with Crippen LogP contribution in [0.1, 0.15) is 56.4 Å². The van der Waals surface area contributed by atoms with Crippen LogP contribution in [0.15, 0.2) is 59.4 Å². The highest BCUT2D eigenvalue weighted by Gasteiger charge is 2.30. The van der Waals surface area contributed by atoms with E-state index < -0.39 is 17.5 Å². The van der Waals surface area contributed by atoms with Crippen molar-refractivity contribution in [3.63, 3.8) is 0 Å². The Kier molecular flexibility index (Phi) is 6.01. The Morgan fingerprint density at radius 1 is 0.921 bits per heavy atom. The van der Waals surface area contributed by atoms with Crippen LogP contribution in [-0.4, -0.2) is 55.8 Å². The van der Waals surface area contributed by atoms with E-state index in [-0.39, 0.29) is 35.1 Å². The van der Waals surface area contributed by atoms with E-state index in [0.29, 0.717) is 43.0 Å². The zero-order chi connectivity index (χ0) is 26.4. The number of carbonyl (C=O) groups excluding carboxylic acids is 2. The fourth-order valence-electron chi connectivity index (χ4n) is 5.41. The number of H-pyrrole nitrogens is 1. The van der Waals surface area contributed by atoms with E-state index >= 15 is 0 Å². The van der Waals surface area contributed by atoms with Gasteiger partial charge in [-0.15, -0.1) is 0 Å². The average molecular weight is 518 g/mol. The molecule has 1 saturated heterocycles. The molecule has 1 N–H and O–H groups in total. The molecule has 1 unspecified atom stereocenters. The lowest BCUT2D eigenvalue weighted by molar-refractivity contribution is 0.0698. The largest absolute Gasteiger partial charge is 0.338 e. The second-order valence-corrected chi connectivity index (χ2v) is 9.77. The first-order valence-electron chi connectivity index (χ1n) is 12.6. The number of fused-ring (bicyclic) bond motifs is 2. The maximum absolute atomic E-state index is 14.2. The zero-order valence-corrected chi connectivity index (χ0v) is 20.5. The molecule has 0 radical (unpaired) electrons. The Labute approximate surface area is 216 Å². The van der Waals surface area contributed by atoms with Gasteiger partial charge >= 0.3 is 0 Å². The van der Waals surface area contributed by atoms with E-state index in [4.69, 9.17) is 0 Å². The predicted octanol–water partition coefficient (Wildman–Crippen LogP) is 3.52. The monoisotopic (exact) mass is 517 g/mol. The molecule has 4 heterocycles. The molecule has 0 bridgehead atoms. The Hall–Kier alpha value is -4.34. The number of nitrogens with one attached hydrogen (secondary N) is 1. The van der Waals surface area contributed by atoms with Gasteiger partial charge < -0.3 is 9.80 Å². The van der Waals surface area contributed by atoms with Crippen molar-refractivity contribution in [2.24, 2.45) is 0 Å². The van der Waals surface area contributed by atoms with Gasteiger partial charge in [0.2, 0.25) is 0 Å². The summed E-state index contributed by atoms with van der Waals surface area (Å²) in [5.74, 6) is -2.04. The van der Waals surface area contributed by atoms with Crippen LogP contribution in [0.25, 0.3) is 5.65 Å². The summed E-state index contributed by atoms with van der Waals surface area (Å²) in [6.07, 6.45) is 1.93. The zero-order valence-electron chi connectivity index (χ0n) is 20.5. The molecule has 4 aromatic rings. The molecular weight excluding hydrogens is 492 g/mol. The Morgan fingerprint density at radius 3 is 2.26 bits per heavy atom. The van der Waals surface area contributed by atoms with Crippen LogP contribution < -0.4 is 5.56 Å². The summed E-state index contributed by atoms with van der Waals surface area (Å²) in [6, 6.07) is 13.6. The van der Waals surface area contributed by atoms with E-state index in [9.17, 15) is 23.2 Å². The molecule has 0 saturated carbocycles. The van der Waals surface area contributed by atoms with E-state index in [1.165, 1.54) is 39.7 Å². The van der Waals surface area contributed by atoms with Gasteiger partial charge in [-0.25, -0.2) is 18.3 Å². The summed E-state index contributed by atoms with van der Waals surface area (Å²) >= 11 is 0. The highest BCUT2D eigenvalue weighted by atomic mass is 19.1. The number of hydrogen-bond donors (Lipinski definition) is 1. The molecule has 2 aromatic heterocycles. The number of hydrogen-bond acceptors (Lipinski definition) is 4. The normalized spacial score (nSPS) is 17.5. The molecule has 2 aliphatic heterocycles. The van der Waals surface area contributed by atoms with Gasteiger partial charge in [0.1, 0.15) is 11.6 Å². The summed E-state index contributed by atoms with van der Waals surface area (Å²) in [5, 5.41) is 3.15. The van der Waals surface area contributed by atoms with Gasteiger partial charge in [0.05, 0.1) is 28.9 Å². The van der Waals surface area contributed by atoms with E-state index in [2.05, 4.69) is 10.1 Å². The first-order chi connectivity index (χ1) is 18.4. The highest BCUT2D eigenvalue weighted by molar-refractivity contribution is 5.95. The van der Waals surface area contributed by atoms with Gasteiger partial charge in [0.15, 0.2) is 5.65 Å². The van der Waals surface area contributed by atoms with Crippen molar-refractivity contribution in [3.8, 4) is 0 Å². The predicted molar refractivity (Wildman–Crippen MR) is 135 cm³/mol. The number of likely N-dealkylation sites (tertiary alicyclic amines) is 1. The molecule has 194 valence electrons. The second-order valence-electron chi connectivity index (χ2n) is 9.77. The molecule has 0 spiro atoms. The first-order valence-corrected chi connectivity index (χ1v) is 12.6. The number of nitrogens with zero attached hydrogens (tertiary/aromatic N) is 4. The first kappa shape index (κ1) is 24.0. The number of aromatic nitrogens is 3. The second kappa shape index (κ2) is 9.51. The number of rotatable bonds is 3. The van der Waals surface area contributed by atoms with E-state index in [1.54, 1.807) is 23.1 Å². The third-order valence-corrected chi connectivity index (χ3v) is 7.43. The van der Waals surface area contributed by atoms with Crippen LogP contribution in [0.3, 0.4) is 0 Å². The Morgan fingerprint density at radius 2 is 1.58 bits per heavy atom. The van der Waals surface area contributed by atoms with Crippen LogP contribution in [0, 0.1) is 11.6 Å². The SMILES string of the molecule is O=C(c1ccccc1F)N1CCc2nc3cc(C4CCCN(C(=O)c5ccccc5F)C4)[nH]n3c(=O)c2C1. The summed E-state index contributed by atoms with van der Waals surface area (Å²) in [5.41, 5.74) is 1.96. The third kappa shape index (κ3) is 4.15. The number of benzene rings is 2. The van der Waals surface area contributed by atoms with Gasteiger partial charge in [-0.2, -0.15) is 0 Å². The molecule has 1 atom stereocenters. The van der Waals surface area contributed by atoms with Crippen molar-refractivity contribution in [1.29, 1.82) is 0 Å². The van der Waals surface area contributed by atoms with Crippen LogP contribution in [0.2, 0.25) is 0 Å². The lowest BCUT2D eigenvalue weighted by Gasteiger charge is -2.32. The molecule has 2 aliphatic rings. The third-order valence-electron chi connectivity index (χ3n) is 7.43. The number of piperidine rings is 1. The molecule has 38 heavy (non-hydrogen) atoms. The van der Waals surface area contributed by atoms with Gasteiger partial charge in [-0.05, 0) is 37.1 Å². The summed E-state index contributed by atoms with van der Waals surface area (Å²) in [4.78, 5) is 47.1. The Balaban J connectivity index is 1.26. The molecule has 1 fully saturated rings. The average Bonchev–Trinajstić information content (AvgIpc) is 3.37. The quantitative estimate of drug-likeness (QED) is 0.450. The highest BCUT2D eigenvalue weighted by Crippen LogP contribution is 2.28. The lowest BCUT2D eigenvalue weighted by atomic mass is 9.94. The van der Waals surface area contributed by atoms with Crippen LogP contribution in [0.5, 0.6) is 0 Å². The minimum Gasteiger partial charge on any atom is -0.338 e. The molecule has 2 aromatic carbocycles. The molecule has 6 rings (SSSR count). The fourth-order valence-corrected chi connectivity index (χ4v) is 5.41. The van der Waals surface area contributed by atoms with Gasteiger partial charge in [-0.1, -0.05) is 24.3 Å². The van der Waals surface area contributed by atoms with Gasteiger partial charge in [0.25, 0.3) is 17.4 Å². The van der Waals surface area contributed by atoms with Crippen molar-refractivity contribution in [1.82, 2.24) is 24.4 Å². The molecule has 10 heteroatoms. The maximum atomic E-state index is 14.2. The summed E-state index contributed by atoms with van der Waals surface area (Å²) in [6.45, 7) is 1.29. The molecular formula is C28H25F2N5O3. The minimum absolute atomic E-state index is 0.0287. The van der Waals surface area contributed by atoms with Crippen molar-refractivity contribution in [3.05, 3.63) is 105 Å². The molecule has 8 nitrogen and oxygen atoms in total. The van der Waals surface area contributed by atoms with Crippen LogP contribution >= 0.6 is 0 Å². The number of carbonyl (C=O) groups is 2. The number of halogens is 2. The Bertz CT molecular complexity index is 1630. The summed E-state index contributed by atoms with van der Waals surface area (Å²) in [7, 11) is 0. The number of amides is 2. The molecule has 0 aliphatic carbocycles. The van der Waals surface area contributed by atoms with E-state index in [0.717, 1.165) is 18.5 Å². The number of aromatic amines is 1. The lowest BCUT2D eigenvalue weighted by Crippen LogP contribution is -2.40. The van der Waals surface area contributed by atoms with Crippen molar-refractivity contribution in [2.75, 3.05) is 19.6 Å². The maximum Gasteiger partial charge on any atom is 0.277 e. The van der Waals surface area contributed by atoms with Crippen LogP contribution in [0.4, 0.5) is 8.78 Å². The smallest absolute Gasteiger partial charge is 0.277 e. The van der Waals surface area contributed by atoms with Gasteiger partial charge in [0, 0.05) is 43.7 Å². The van der Waals surface area contributed by atoms with Crippen molar-refractivity contribution in [2.45, 2.75) is 31.7 Å². The fraction of sp³-hybridized carbons (Fsp3) is 0.286. The van der Waals surface area contributed by atoms with Gasteiger partial charge in [-0.3, -0.25) is 19.5 Å². The van der Waals surface area contributed by atoms with Crippen LogP contribution in [-0.2, 0) is 13.0 Å². The summed E-state index contributed by atoms with van der Waals surface area (Å²) < 4.78 is 29.7. The standard InChI is InChI=1S/C28H25F2N5O3/c29-21-9-3-1-7-18(21)26(36)33-12-5-6-17(15-33)24-14-25-31-23-11-13-34(16-20(23)28(38)35(25)32-24)27(37)19-8-2-4-10-22(19)30/h1-4,7-10,14,17,32H,5-6,11-13,15-16H2. The van der Waals surface area contributed by atoms with E-state index in [1.807, 2.05) is 6.07 Å². The minimum atomic E-state index is -0.599. The van der Waals surface area contributed by atoms with Crippen molar-refractivity contribution >= 4 is 17.5 Å². The van der Waals surface area contributed by atoms with Crippen molar-refractivity contribution < 1.29 is 18.4 Å². The topological polar surface area (TPSA) is 90.8 Å².